The molecule has 0 N–H and O–H groups in total. The average Bonchev–Trinajstić information content (AvgIpc) is 3.06. The van der Waals surface area contributed by atoms with Crippen molar-refractivity contribution in [3.05, 3.63) is 59.0 Å². The first kappa shape index (κ1) is 16.1. The SMILES string of the molecule is CN1CCC(N(Cc2ccco2)C(=O)c2cccc(Cl)c2)CC1. The van der Waals surface area contributed by atoms with Gasteiger partial charge in [-0.25, -0.2) is 0 Å². The first-order valence-electron chi connectivity index (χ1n) is 7.91. The summed E-state index contributed by atoms with van der Waals surface area (Å²) in [6.07, 6.45) is 3.60. The minimum Gasteiger partial charge on any atom is -0.467 e. The standard InChI is InChI=1S/C18H21ClN2O2/c1-20-9-7-16(8-10-20)21(13-17-6-3-11-23-17)18(22)14-4-2-5-15(19)12-14/h2-6,11-12,16H,7-10,13H2,1H3. The number of rotatable bonds is 4. The van der Waals surface area contributed by atoms with Crippen LogP contribution in [0.15, 0.2) is 47.1 Å². The number of piperidine rings is 1. The molecule has 0 atom stereocenters. The van der Waals surface area contributed by atoms with Crippen LogP contribution in [0.4, 0.5) is 0 Å². The molecule has 1 aromatic heterocycles. The first-order valence-corrected chi connectivity index (χ1v) is 8.29. The fourth-order valence-electron chi connectivity index (χ4n) is 3.03. The van der Waals surface area contributed by atoms with E-state index >= 15 is 0 Å². The summed E-state index contributed by atoms with van der Waals surface area (Å²) >= 11 is 6.05. The van der Waals surface area contributed by atoms with Gasteiger partial charge < -0.3 is 14.2 Å². The van der Waals surface area contributed by atoms with Crippen LogP contribution in [-0.4, -0.2) is 41.9 Å². The number of carbonyl (C=O) groups is 1. The van der Waals surface area contributed by atoms with Gasteiger partial charge >= 0.3 is 0 Å². The highest BCUT2D eigenvalue weighted by Crippen LogP contribution is 2.22. The largest absolute Gasteiger partial charge is 0.467 e. The molecule has 122 valence electrons. The van der Waals surface area contributed by atoms with Crippen molar-refractivity contribution in [2.75, 3.05) is 20.1 Å². The Morgan fingerprint density at radius 2 is 2.09 bits per heavy atom. The van der Waals surface area contributed by atoms with Gasteiger partial charge in [0.25, 0.3) is 5.91 Å². The second kappa shape index (κ2) is 7.20. The molecule has 0 aliphatic carbocycles. The van der Waals surface area contributed by atoms with Crippen molar-refractivity contribution < 1.29 is 9.21 Å². The monoisotopic (exact) mass is 332 g/mol. The zero-order valence-electron chi connectivity index (χ0n) is 13.2. The minimum atomic E-state index is 0.0125. The molecular formula is C18H21ClN2O2. The molecule has 3 rings (SSSR count). The molecule has 2 aromatic rings. The fraction of sp³-hybridized carbons (Fsp3) is 0.389. The molecule has 1 aliphatic heterocycles. The van der Waals surface area contributed by atoms with Crippen molar-refractivity contribution in [1.29, 1.82) is 0 Å². The molecule has 23 heavy (non-hydrogen) atoms. The molecule has 0 saturated carbocycles. The van der Waals surface area contributed by atoms with Crippen LogP contribution in [0, 0.1) is 0 Å². The number of amides is 1. The van der Waals surface area contributed by atoms with Gasteiger partial charge in [0.05, 0.1) is 12.8 Å². The summed E-state index contributed by atoms with van der Waals surface area (Å²) in [4.78, 5) is 17.2. The van der Waals surface area contributed by atoms with Crippen molar-refractivity contribution in [2.24, 2.45) is 0 Å². The first-order chi connectivity index (χ1) is 11.1. The van der Waals surface area contributed by atoms with Gasteiger partial charge in [-0.3, -0.25) is 4.79 Å². The van der Waals surface area contributed by atoms with E-state index in [-0.39, 0.29) is 11.9 Å². The number of furan rings is 1. The second-order valence-corrected chi connectivity index (χ2v) is 6.49. The number of hydrogen-bond donors (Lipinski definition) is 0. The Balaban J connectivity index is 1.83. The van der Waals surface area contributed by atoms with Gasteiger partial charge in [0.1, 0.15) is 5.76 Å². The molecule has 0 bridgehead atoms. The molecule has 1 saturated heterocycles. The van der Waals surface area contributed by atoms with Crippen LogP contribution < -0.4 is 0 Å². The molecule has 2 heterocycles. The highest BCUT2D eigenvalue weighted by molar-refractivity contribution is 6.30. The summed E-state index contributed by atoms with van der Waals surface area (Å²) < 4.78 is 5.46. The van der Waals surface area contributed by atoms with E-state index in [1.807, 2.05) is 29.2 Å². The molecule has 1 fully saturated rings. The lowest BCUT2D eigenvalue weighted by molar-refractivity contribution is 0.0550. The summed E-state index contributed by atoms with van der Waals surface area (Å²) in [7, 11) is 2.12. The van der Waals surface area contributed by atoms with Crippen LogP contribution in [0.3, 0.4) is 0 Å². The highest BCUT2D eigenvalue weighted by Gasteiger charge is 2.28. The third-order valence-electron chi connectivity index (χ3n) is 4.37. The van der Waals surface area contributed by atoms with Crippen molar-refractivity contribution >= 4 is 17.5 Å². The molecular weight excluding hydrogens is 312 g/mol. The van der Waals surface area contributed by atoms with E-state index < -0.39 is 0 Å². The Morgan fingerprint density at radius 3 is 2.74 bits per heavy atom. The van der Waals surface area contributed by atoms with Gasteiger partial charge in [0.15, 0.2) is 0 Å². The van der Waals surface area contributed by atoms with Crippen LogP contribution in [-0.2, 0) is 6.54 Å². The lowest BCUT2D eigenvalue weighted by Crippen LogP contribution is -2.46. The normalized spacial score (nSPS) is 16.4. The Bertz CT molecular complexity index is 649. The Morgan fingerprint density at radius 1 is 1.30 bits per heavy atom. The van der Waals surface area contributed by atoms with Crippen molar-refractivity contribution in [2.45, 2.75) is 25.4 Å². The van der Waals surface area contributed by atoms with Crippen LogP contribution in [0.1, 0.15) is 29.0 Å². The molecule has 0 radical (unpaired) electrons. The summed E-state index contributed by atoms with van der Waals surface area (Å²) in [5.74, 6) is 0.817. The van der Waals surface area contributed by atoms with Gasteiger partial charge in [-0.1, -0.05) is 17.7 Å². The van der Waals surface area contributed by atoms with Gasteiger partial charge in [0.2, 0.25) is 0 Å². The maximum atomic E-state index is 13.0. The van der Waals surface area contributed by atoms with Gasteiger partial charge in [-0.05, 0) is 63.3 Å². The third kappa shape index (κ3) is 3.95. The lowest BCUT2D eigenvalue weighted by atomic mass is 10.0. The number of hydrogen-bond acceptors (Lipinski definition) is 3. The van der Waals surface area contributed by atoms with Crippen molar-refractivity contribution in [1.82, 2.24) is 9.80 Å². The zero-order chi connectivity index (χ0) is 16.2. The van der Waals surface area contributed by atoms with Crippen LogP contribution >= 0.6 is 11.6 Å². The van der Waals surface area contributed by atoms with Crippen molar-refractivity contribution in [3.8, 4) is 0 Å². The molecule has 0 spiro atoms. The topological polar surface area (TPSA) is 36.7 Å². The molecule has 0 unspecified atom stereocenters. The van der Waals surface area contributed by atoms with E-state index in [2.05, 4.69) is 11.9 Å². The van der Waals surface area contributed by atoms with Gasteiger partial charge in [-0.15, -0.1) is 0 Å². The summed E-state index contributed by atoms with van der Waals surface area (Å²) in [5, 5.41) is 0.581. The number of nitrogens with zero attached hydrogens (tertiary/aromatic N) is 2. The Hall–Kier alpha value is -1.78. The van der Waals surface area contributed by atoms with Gasteiger partial charge in [-0.2, -0.15) is 0 Å². The predicted octanol–water partition coefficient (Wildman–Crippen LogP) is 3.67. The maximum Gasteiger partial charge on any atom is 0.254 e. The van der Waals surface area contributed by atoms with Crippen molar-refractivity contribution in [3.63, 3.8) is 0 Å². The second-order valence-electron chi connectivity index (χ2n) is 6.06. The average molecular weight is 333 g/mol. The number of carbonyl (C=O) groups excluding carboxylic acids is 1. The van der Waals surface area contributed by atoms with Crippen LogP contribution in [0.2, 0.25) is 5.02 Å². The zero-order valence-corrected chi connectivity index (χ0v) is 14.0. The lowest BCUT2D eigenvalue weighted by Gasteiger charge is -2.37. The minimum absolute atomic E-state index is 0.0125. The fourth-order valence-corrected chi connectivity index (χ4v) is 3.22. The number of halogens is 1. The predicted molar refractivity (Wildman–Crippen MR) is 90.6 cm³/mol. The third-order valence-corrected chi connectivity index (χ3v) is 4.60. The summed E-state index contributed by atoms with van der Waals surface area (Å²) in [5.41, 5.74) is 0.628. The smallest absolute Gasteiger partial charge is 0.254 e. The van der Waals surface area contributed by atoms with E-state index in [9.17, 15) is 4.79 Å². The molecule has 4 nitrogen and oxygen atoms in total. The summed E-state index contributed by atoms with van der Waals surface area (Å²) in [6, 6.07) is 11.1. The Labute approximate surface area is 141 Å². The highest BCUT2D eigenvalue weighted by atomic mass is 35.5. The van der Waals surface area contributed by atoms with E-state index in [0.29, 0.717) is 17.1 Å². The summed E-state index contributed by atoms with van der Waals surface area (Å²) in [6.45, 7) is 2.50. The molecule has 5 heteroatoms. The van der Waals surface area contributed by atoms with Crippen LogP contribution in [0.5, 0.6) is 0 Å². The Kier molecular flexibility index (Phi) is 5.03. The molecule has 1 amide bonds. The molecule has 1 aromatic carbocycles. The quantitative estimate of drug-likeness (QED) is 0.857. The van der Waals surface area contributed by atoms with Crippen LogP contribution in [0.25, 0.3) is 0 Å². The van der Waals surface area contributed by atoms with E-state index in [0.717, 1.165) is 31.7 Å². The van der Waals surface area contributed by atoms with E-state index in [1.54, 1.807) is 18.4 Å². The van der Waals surface area contributed by atoms with Gasteiger partial charge in [0, 0.05) is 16.6 Å². The maximum absolute atomic E-state index is 13.0. The number of benzene rings is 1. The number of likely N-dealkylation sites (tertiary alicyclic amines) is 1. The van der Waals surface area contributed by atoms with E-state index in [1.165, 1.54) is 0 Å². The van der Waals surface area contributed by atoms with E-state index in [4.69, 9.17) is 16.0 Å². The molecule has 1 aliphatic rings.